The fourth-order valence-electron chi connectivity index (χ4n) is 11.1. The molecule has 4 rings (SSSR count). The van der Waals surface area contributed by atoms with Crippen molar-refractivity contribution in [2.24, 2.45) is 39.7 Å². The molecule has 4 aliphatic carbocycles. The van der Waals surface area contributed by atoms with Crippen LogP contribution in [0.2, 0.25) is 78.6 Å². The van der Waals surface area contributed by atoms with E-state index in [1.807, 2.05) is 0 Å². The molecule has 0 unspecified atom stereocenters. The van der Waals surface area contributed by atoms with Gasteiger partial charge in [-0.3, -0.25) is 0 Å². The van der Waals surface area contributed by atoms with Crippen molar-refractivity contribution in [2.75, 3.05) is 7.11 Å². The van der Waals surface area contributed by atoms with E-state index in [1.54, 1.807) is 7.11 Å². The maximum absolute atomic E-state index is 13.3. The Morgan fingerprint density at radius 1 is 0.843 bits per heavy atom. The summed E-state index contributed by atoms with van der Waals surface area (Å²) in [4.78, 5) is 5.57. The van der Waals surface area contributed by atoms with Gasteiger partial charge in [0.05, 0.1) is 29.1 Å². The van der Waals surface area contributed by atoms with E-state index < -0.39 is 38.9 Å². The highest BCUT2D eigenvalue weighted by Gasteiger charge is 2.67. The minimum absolute atomic E-state index is 0.0385. The Balaban J connectivity index is 1.70. The Kier molecular flexibility index (Phi) is 12.6. The summed E-state index contributed by atoms with van der Waals surface area (Å²) in [5.41, 5.74) is 0.716. The van der Waals surface area contributed by atoms with E-state index in [4.69, 9.17) is 27.7 Å². The van der Waals surface area contributed by atoms with E-state index in [-0.39, 0.29) is 46.6 Å². The predicted molar refractivity (Wildman–Crippen MR) is 223 cm³/mol. The highest BCUT2D eigenvalue weighted by atomic mass is 28.4. The van der Waals surface area contributed by atoms with Crippen molar-refractivity contribution < 1.29 is 27.6 Å². The van der Waals surface area contributed by atoms with Crippen LogP contribution < -0.4 is 0 Å². The SMILES string of the molecule is CO/N=C1\C=C2[C@H](CC[C@]3(C)[C@@H]([C@H](C)[C@@H](CCC(C)(C)O[Si](C)(C)C)O[Si](C)(C)C)CC[C@@]23O)[C@@]2(C)C[C@H](O[Si](C)(C)C)[C@H](O[Si](C)(C)C)C[C@@H]12. The number of nitrogens with zero attached hydrogens (tertiary/aromatic N) is 1. The minimum Gasteiger partial charge on any atom is -0.414 e. The molecule has 0 bridgehead atoms. The number of fused-ring (bicyclic) bond motifs is 5. The Hall–Kier alpha value is -0.122. The lowest BCUT2D eigenvalue weighted by molar-refractivity contribution is -0.122. The topological polar surface area (TPSA) is 78.7 Å². The fraction of sp³-hybridized carbons (Fsp3) is 0.925. The Morgan fingerprint density at radius 3 is 1.96 bits per heavy atom. The maximum atomic E-state index is 13.3. The van der Waals surface area contributed by atoms with Crippen LogP contribution in [-0.4, -0.2) is 80.7 Å². The molecule has 3 fully saturated rings. The lowest BCUT2D eigenvalue weighted by Crippen LogP contribution is -2.62. The molecule has 0 saturated heterocycles. The monoisotopic (exact) mass is 781 g/mol. The first-order chi connectivity index (χ1) is 22.9. The zero-order valence-corrected chi connectivity index (χ0v) is 40.2. The van der Waals surface area contributed by atoms with Gasteiger partial charge < -0.3 is 27.6 Å². The summed E-state index contributed by atoms with van der Waals surface area (Å²) in [5, 5.41) is 18.0. The molecule has 4 aliphatic rings. The van der Waals surface area contributed by atoms with Gasteiger partial charge in [-0.25, -0.2) is 0 Å². The van der Waals surface area contributed by atoms with Gasteiger partial charge in [0.15, 0.2) is 33.3 Å². The highest BCUT2D eigenvalue weighted by molar-refractivity contribution is 6.71. The molecule has 0 aromatic rings. The lowest BCUT2D eigenvalue weighted by atomic mass is 9.45. The van der Waals surface area contributed by atoms with Gasteiger partial charge in [0.2, 0.25) is 0 Å². The van der Waals surface area contributed by atoms with Crippen molar-refractivity contribution in [2.45, 2.75) is 194 Å². The standard InChI is InChI=1S/C40H79NO6Si4/c1-28(34(44-48(7,8)9)21-22-37(2,3)47-51(16,17)18)29-20-24-40(42)31-25-33(41-43-6)32-26-35(45-49(10,11)12)36(46-50(13,14)15)27-38(32,4)30(31)19-23-39(29,40)5/h25,28-30,32,34-36,42H,19-24,26-27H2,1-18H3/b41-33+/t28-,29+,30-,32-,34+,35+,36-,38+,39+,40+/m0/s1. The second-order valence-corrected chi connectivity index (χ2v) is 39.8. The predicted octanol–water partition coefficient (Wildman–Crippen LogP) is 10.6. The van der Waals surface area contributed by atoms with Gasteiger partial charge >= 0.3 is 0 Å². The molecule has 51 heavy (non-hydrogen) atoms. The summed E-state index contributed by atoms with van der Waals surface area (Å²) >= 11 is 0. The Morgan fingerprint density at radius 2 is 1.43 bits per heavy atom. The molecule has 296 valence electrons. The molecule has 0 heterocycles. The minimum atomic E-state index is -1.85. The van der Waals surface area contributed by atoms with Crippen LogP contribution in [0.3, 0.4) is 0 Å². The van der Waals surface area contributed by atoms with Crippen LogP contribution in [0.15, 0.2) is 16.8 Å². The third-order valence-electron chi connectivity index (χ3n) is 12.7. The number of rotatable bonds is 14. The summed E-state index contributed by atoms with van der Waals surface area (Å²) in [5.74, 6) is 1.12. The van der Waals surface area contributed by atoms with Crippen molar-refractivity contribution >= 4 is 39.0 Å². The van der Waals surface area contributed by atoms with Crippen molar-refractivity contribution in [3.63, 3.8) is 0 Å². The first kappa shape index (κ1) is 43.6. The van der Waals surface area contributed by atoms with Crippen LogP contribution >= 0.6 is 0 Å². The molecule has 7 nitrogen and oxygen atoms in total. The molecule has 0 amide bonds. The molecule has 3 saturated carbocycles. The molecular formula is C40H79NO6Si4. The summed E-state index contributed by atoms with van der Waals surface area (Å²) in [6, 6.07) is 0. The molecule has 1 N–H and O–H groups in total. The lowest BCUT2D eigenvalue weighted by Gasteiger charge is -2.61. The van der Waals surface area contributed by atoms with Gasteiger partial charge in [-0.05, 0) is 179 Å². The zero-order valence-electron chi connectivity index (χ0n) is 36.2. The van der Waals surface area contributed by atoms with Crippen molar-refractivity contribution in [1.82, 2.24) is 0 Å². The van der Waals surface area contributed by atoms with Crippen LogP contribution in [0.5, 0.6) is 0 Å². The second kappa shape index (κ2) is 14.8. The first-order valence-corrected chi connectivity index (χ1v) is 33.9. The summed E-state index contributed by atoms with van der Waals surface area (Å²) in [7, 11) is -5.55. The van der Waals surface area contributed by atoms with Crippen LogP contribution in [0.25, 0.3) is 0 Å². The van der Waals surface area contributed by atoms with E-state index in [9.17, 15) is 5.11 Å². The fourth-order valence-corrected chi connectivity index (χ4v) is 16.4. The van der Waals surface area contributed by atoms with Crippen molar-refractivity contribution in [3.05, 3.63) is 11.6 Å². The van der Waals surface area contributed by atoms with E-state index in [2.05, 4.69) is 119 Å². The number of hydrogen-bond acceptors (Lipinski definition) is 7. The molecule has 10 atom stereocenters. The average Bonchev–Trinajstić information content (AvgIpc) is 3.19. The molecule has 0 aliphatic heterocycles. The van der Waals surface area contributed by atoms with Crippen LogP contribution in [0, 0.1) is 34.5 Å². The molecule has 0 spiro atoms. The van der Waals surface area contributed by atoms with Gasteiger partial charge in [0.1, 0.15) is 7.11 Å². The molecular weight excluding hydrogens is 703 g/mol. The smallest absolute Gasteiger partial charge is 0.184 e. The highest BCUT2D eigenvalue weighted by Crippen LogP contribution is 2.68. The largest absolute Gasteiger partial charge is 0.414 e. The second-order valence-electron chi connectivity index (χ2n) is 22.0. The molecule has 0 radical (unpaired) electrons. The van der Waals surface area contributed by atoms with E-state index in [0.29, 0.717) is 11.8 Å². The van der Waals surface area contributed by atoms with Gasteiger partial charge in [0.25, 0.3) is 0 Å². The number of oxime groups is 1. The van der Waals surface area contributed by atoms with Crippen LogP contribution in [-0.2, 0) is 22.5 Å². The number of hydrogen-bond donors (Lipinski definition) is 1. The summed E-state index contributed by atoms with van der Waals surface area (Å²) in [6.07, 6.45) is 10.1. The zero-order chi connectivity index (χ0) is 38.8. The van der Waals surface area contributed by atoms with E-state index in [0.717, 1.165) is 57.1 Å². The Labute approximate surface area is 317 Å². The third-order valence-corrected chi connectivity index (χ3v) is 16.9. The first-order valence-electron chi connectivity index (χ1n) is 20.2. The number of allylic oxidation sites excluding steroid dienone is 1. The number of aliphatic hydroxyl groups is 1. The van der Waals surface area contributed by atoms with E-state index in [1.165, 1.54) is 5.57 Å². The maximum Gasteiger partial charge on any atom is 0.184 e. The molecule has 0 aromatic heterocycles. The van der Waals surface area contributed by atoms with Crippen molar-refractivity contribution in [1.29, 1.82) is 0 Å². The van der Waals surface area contributed by atoms with Gasteiger partial charge in [-0.1, -0.05) is 25.9 Å². The van der Waals surface area contributed by atoms with Gasteiger partial charge in [0, 0.05) is 17.4 Å². The molecule has 0 aromatic carbocycles. The van der Waals surface area contributed by atoms with Gasteiger partial charge in [-0.15, -0.1) is 0 Å². The van der Waals surface area contributed by atoms with E-state index >= 15 is 0 Å². The van der Waals surface area contributed by atoms with Gasteiger partial charge in [-0.2, -0.15) is 0 Å². The average molecular weight is 782 g/mol. The van der Waals surface area contributed by atoms with Crippen LogP contribution in [0.4, 0.5) is 0 Å². The normalized spacial score (nSPS) is 37.0. The Bertz CT molecular complexity index is 1300. The summed E-state index contributed by atoms with van der Waals surface area (Å²) in [6.45, 7) is 39.3. The third kappa shape index (κ3) is 9.82. The van der Waals surface area contributed by atoms with Crippen LogP contribution in [0.1, 0.15) is 86.0 Å². The van der Waals surface area contributed by atoms with Crippen molar-refractivity contribution in [3.8, 4) is 0 Å². The molecule has 11 heteroatoms. The summed E-state index contributed by atoms with van der Waals surface area (Å²) < 4.78 is 27.7. The quantitative estimate of drug-likeness (QED) is 0.140.